The molecule has 2 aliphatic heterocycles. The second kappa shape index (κ2) is 7.97. The number of urea groups is 1. The molecular weight excluding hydrogens is 431 g/mol. The maximum atomic E-state index is 13.6. The minimum Gasteiger partial charge on any atom is -0.340 e. The van der Waals surface area contributed by atoms with E-state index in [9.17, 15) is 14.0 Å². The van der Waals surface area contributed by atoms with Crippen LogP contribution in [0.1, 0.15) is 39.1 Å². The Labute approximate surface area is 187 Å². The fraction of sp³-hybridized carbons (Fsp3) is 0.350. The van der Waals surface area contributed by atoms with E-state index >= 15 is 0 Å². The van der Waals surface area contributed by atoms with Gasteiger partial charge < -0.3 is 15.1 Å². The van der Waals surface area contributed by atoms with Crippen molar-refractivity contribution in [2.45, 2.75) is 25.4 Å². The van der Waals surface area contributed by atoms with Crippen LogP contribution in [0.3, 0.4) is 0 Å². The molecule has 1 unspecified atom stereocenters. The molecular formula is C20H19FN10O2. The fourth-order valence-electron chi connectivity index (χ4n) is 4.23. The number of halogens is 1. The van der Waals surface area contributed by atoms with Crippen molar-refractivity contribution in [3.05, 3.63) is 52.4 Å². The molecule has 3 aromatic rings. The number of carbonyl (C=O) groups is 2. The molecule has 0 fully saturated rings. The summed E-state index contributed by atoms with van der Waals surface area (Å²) in [6, 6.07) is 5.16. The van der Waals surface area contributed by atoms with Gasteiger partial charge >= 0.3 is 6.03 Å². The molecule has 0 spiro atoms. The van der Waals surface area contributed by atoms with E-state index in [1.54, 1.807) is 27.6 Å². The van der Waals surface area contributed by atoms with Crippen LogP contribution in [0.2, 0.25) is 0 Å². The van der Waals surface area contributed by atoms with Crippen molar-refractivity contribution in [3.8, 4) is 6.07 Å². The number of aromatic nitrogens is 6. The lowest BCUT2D eigenvalue weighted by molar-refractivity contribution is 0.0788. The van der Waals surface area contributed by atoms with Crippen molar-refractivity contribution in [2.75, 3.05) is 25.5 Å². The van der Waals surface area contributed by atoms with Crippen LogP contribution in [0.5, 0.6) is 0 Å². The quantitative estimate of drug-likeness (QED) is 0.588. The van der Waals surface area contributed by atoms with Crippen molar-refractivity contribution in [1.29, 1.82) is 5.26 Å². The van der Waals surface area contributed by atoms with Gasteiger partial charge in [0, 0.05) is 37.8 Å². The highest BCUT2D eigenvalue weighted by atomic mass is 19.1. The van der Waals surface area contributed by atoms with Gasteiger partial charge in [0.25, 0.3) is 5.91 Å². The Morgan fingerprint density at radius 3 is 2.97 bits per heavy atom. The summed E-state index contributed by atoms with van der Waals surface area (Å²) in [6.45, 7) is 1.43. The van der Waals surface area contributed by atoms with Crippen LogP contribution in [0.25, 0.3) is 0 Å². The number of amides is 3. The van der Waals surface area contributed by atoms with Crippen molar-refractivity contribution >= 4 is 17.6 Å². The Morgan fingerprint density at radius 1 is 1.36 bits per heavy atom. The van der Waals surface area contributed by atoms with E-state index in [-0.39, 0.29) is 23.9 Å². The van der Waals surface area contributed by atoms with Crippen molar-refractivity contribution in [1.82, 2.24) is 40.2 Å². The lowest BCUT2D eigenvalue weighted by atomic mass is 10.0. The van der Waals surface area contributed by atoms with E-state index in [4.69, 9.17) is 5.26 Å². The minimum atomic E-state index is -0.651. The van der Waals surface area contributed by atoms with E-state index in [2.05, 4.69) is 31.0 Å². The third-order valence-electron chi connectivity index (χ3n) is 5.89. The Balaban J connectivity index is 1.39. The van der Waals surface area contributed by atoms with Crippen LogP contribution < -0.4 is 5.32 Å². The summed E-state index contributed by atoms with van der Waals surface area (Å²) in [6.07, 6.45) is 0.486. The fourth-order valence-corrected chi connectivity index (χ4v) is 4.23. The van der Waals surface area contributed by atoms with Crippen LogP contribution in [0, 0.1) is 17.1 Å². The van der Waals surface area contributed by atoms with Gasteiger partial charge in [-0.05, 0) is 18.2 Å². The first-order chi connectivity index (χ1) is 15.9. The van der Waals surface area contributed by atoms with Gasteiger partial charge in [-0.3, -0.25) is 9.48 Å². The summed E-state index contributed by atoms with van der Waals surface area (Å²) in [7, 11) is 1.71. The summed E-state index contributed by atoms with van der Waals surface area (Å²) in [4.78, 5) is 29.2. The zero-order valence-corrected chi connectivity index (χ0v) is 17.6. The molecule has 1 aromatic carbocycles. The normalized spacial score (nSPS) is 17.7. The molecule has 0 saturated heterocycles. The van der Waals surface area contributed by atoms with Gasteiger partial charge in [-0.25, -0.2) is 9.18 Å². The number of likely N-dealkylation sites (N-methyl/N-ethyl adjacent to an activating group) is 1. The summed E-state index contributed by atoms with van der Waals surface area (Å²) in [5.41, 5.74) is 2.10. The number of nitriles is 1. The Morgan fingerprint density at radius 2 is 2.21 bits per heavy atom. The highest BCUT2D eigenvalue weighted by Crippen LogP contribution is 2.29. The maximum absolute atomic E-state index is 13.6. The second-order valence-corrected chi connectivity index (χ2v) is 8.02. The Bertz CT molecular complexity index is 1280. The van der Waals surface area contributed by atoms with Crippen molar-refractivity contribution < 1.29 is 14.0 Å². The molecule has 0 aliphatic carbocycles. The van der Waals surface area contributed by atoms with Gasteiger partial charge in [0.05, 0.1) is 30.3 Å². The van der Waals surface area contributed by atoms with Gasteiger partial charge in [-0.2, -0.15) is 15.6 Å². The Hall–Kier alpha value is -4.34. The largest absolute Gasteiger partial charge is 0.340 e. The number of hydrogen-bond donors (Lipinski definition) is 2. The first-order valence-corrected chi connectivity index (χ1v) is 10.3. The van der Waals surface area contributed by atoms with Gasteiger partial charge in [0.1, 0.15) is 17.6 Å². The molecule has 4 heterocycles. The van der Waals surface area contributed by atoms with Crippen LogP contribution >= 0.6 is 0 Å². The number of benzene rings is 1. The summed E-state index contributed by atoms with van der Waals surface area (Å²) >= 11 is 0. The molecule has 2 aliphatic rings. The predicted octanol–water partition coefficient (Wildman–Crippen LogP) is 0.867. The van der Waals surface area contributed by atoms with E-state index in [1.807, 2.05) is 0 Å². The number of nitrogens with zero attached hydrogens (tertiary/aromatic N) is 8. The molecule has 1 atom stereocenters. The molecule has 0 radical (unpaired) electrons. The van der Waals surface area contributed by atoms with E-state index in [1.165, 1.54) is 12.1 Å². The summed E-state index contributed by atoms with van der Waals surface area (Å²) in [5.74, 6) is -0.503. The van der Waals surface area contributed by atoms with Gasteiger partial charge in [0.15, 0.2) is 5.82 Å². The van der Waals surface area contributed by atoms with Crippen LogP contribution in [-0.2, 0) is 19.5 Å². The van der Waals surface area contributed by atoms with Crippen LogP contribution in [0.15, 0.2) is 18.2 Å². The lowest BCUT2D eigenvalue weighted by Crippen LogP contribution is -2.39. The number of tetrazole rings is 1. The lowest BCUT2D eigenvalue weighted by Gasteiger charge is -2.27. The van der Waals surface area contributed by atoms with Crippen LogP contribution in [-0.4, -0.2) is 72.3 Å². The topological polar surface area (TPSA) is 149 Å². The molecule has 33 heavy (non-hydrogen) atoms. The number of nitrogens with one attached hydrogen (secondary N) is 2. The average molecular weight is 450 g/mol. The highest BCUT2D eigenvalue weighted by Gasteiger charge is 2.36. The number of carbonyl (C=O) groups excluding carboxylic acids is 2. The molecule has 13 heteroatoms. The molecule has 3 amide bonds. The molecule has 5 rings (SSSR count). The van der Waals surface area contributed by atoms with Gasteiger partial charge in [-0.1, -0.05) is 5.21 Å². The maximum Gasteiger partial charge on any atom is 0.322 e. The first-order valence-electron chi connectivity index (χ1n) is 10.3. The zero-order chi connectivity index (χ0) is 23.1. The highest BCUT2D eigenvalue weighted by molar-refractivity contribution is 5.95. The molecule has 12 nitrogen and oxygen atoms in total. The summed E-state index contributed by atoms with van der Waals surface area (Å²) < 4.78 is 15.2. The third-order valence-corrected chi connectivity index (χ3v) is 5.89. The second-order valence-electron chi connectivity index (χ2n) is 8.02. The molecule has 0 bridgehead atoms. The predicted molar refractivity (Wildman–Crippen MR) is 110 cm³/mol. The van der Waals surface area contributed by atoms with Crippen molar-refractivity contribution in [3.63, 3.8) is 0 Å². The number of fused-ring (bicyclic) bond motifs is 3. The van der Waals surface area contributed by atoms with Gasteiger partial charge in [-0.15, -0.1) is 10.2 Å². The van der Waals surface area contributed by atoms with Gasteiger partial charge in [0.2, 0.25) is 0 Å². The Kier molecular flexibility index (Phi) is 4.97. The van der Waals surface area contributed by atoms with E-state index < -0.39 is 11.8 Å². The number of anilines is 1. The minimum absolute atomic E-state index is 0.152. The molecule has 0 saturated carbocycles. The third kappa shape index (κ3) is 3.65. The number of hydrogen-bond acceptors (Lipinski definition) is 7. The zero-order valence-electron chi connectivity index (χ0n) is 17.6. The standard InChI is InChI=1S/C20H19FN10O2/c1-29-8-12(18-24-27-28-25-18)9-31-17(19(29)32)14-10-30(5-4-16(14)26-31)20(33)23-13-2-3-15(21)11(6-13)7-22/h2-3,6,12H,4-5,8-10H2,1H3,(H,23,33)(H,24,25,27,28). The first kappa shape index (κ1) is 20.6. The number of H-pyrrole nitrogens is 1. The van der Waals surface area contributed by atoms with E-state index in [0.29, 0.717) is 48.8 Å². The van der Waals surface area contributed by atoms with Crippen LogP contribution in [0.4, 0.5) is 14.9 Å². The number of aromatic amines is 1. The average Bonchev–Trinajstić information content (AvgIpc) is 3.44. The smallest absolute Gasteiger partial charge is 0.322 e. The molecule has 2 N–H and O–H groups in total. The number of rotatable bonds is 2. The van der Waals surface area contributed by atoms with Crippen molar-refractivity contribution in [2.24, 2.45) is 0 Å². The SMILES string of the molecule is CN1CC(c2nn[nH]n2)Cn2nc3c(c2C1=O)CN(C(=O)Nc1ccc(F)c(C#N)c1)CC3. The monoisotopic (exact) mass is 450 g/mol. The molecule has 168 valence electrons. The summed E-state index contributed by atoms with van der Waals surface area (Å²) in [5, 5.41) is 30.5. The molecule has 2 aromatic heterocycles. The van der Waals surface area contributed by atoms with E-state index in [0.717, 1.165) is 11.8 Å².